The minimum atomic E-state index is 0.139. The van der Waals surface area contributed by atoms with Gasteiger partial charge in [0.2, 0.25) is 0 Å². The zero-order valence-electron chi connectivity index (χ0n) is 11.6. The fourth-order valence-corrected chi connectivity index (χ4v) is 2.85. The quantitative estimate of drug-likeness (QED) is 0.798. The summed E-state index contributed by atoms with van der Waals surface area (Å²) in [5, 5.41) is 0. The Morgan fingerprint density at radius 1 is 1.22 bits per heavy atom. The van der Waals surface area contributed by atoms with Gasteiger partial charge >= 0.3 is 0 Å². The average molecular weight is 245 g/mol. The molecule has 1 aromatic rings. The van der Waals surface area contributed by atoms with E-state index in [0.717, 1.165) is 13.0 Å². The summed E-state index contributed by atoms with van der Waals surface area (Å²) in [6, 6.07) is 10.8. The van der Waals surface area contributed by atoms with Crippen LogP contribution in [0.1, 0.15) is 39.2 Å². The van der Waals surface area contributed by atoms with Crippen LogP contribution < -0.4 is 0 Å². The average Bonchev–Trinajstić information content (AvgIpc) is 2.28. The summed E-state index contributed by atoms with van der Waals surface area (Å²) < 4.78 is 0. The lowest BCUT2D eigenvalue weighted by Gasteiger charge is -2.44. The molecule has 1 unspecified atom stereocenters. The Kier molecular flexibility index (Phi) is 3.86. The van der Waals surface area contributed by atoms with E-state index in [4.69, 9.17) is 0 Å². The fraction of sp³-hybridized carbons (Fsp3) is 0.562. The van der Waals surface area contributed by atoms with Crippen LogP contribution in [-0.2, 0) is 11.2 Å². The van der Waals surface area contributed by atoms with Gasteiger partial charge in [0.15, 0.2) is 0 Å². The Hall–Kier alpha value is -1.15. The second-order valence-electron chi connectivity index (χ2n) is 6.20. The van der Waals surface area contributed by atoms with Crippen LogP contribution >= 0.6 is 0 Å². The van der Waals surface area contributed by atoms with Gasteiger partial charge in [-0.15, -0.1) is 0 Å². The van der Waals surface area contributed by atoms with Gasteiger partial charge in [-0.05, 0) is 32.8 Å². The highest BCUT2D eigenvalue weighted by Gasteiger charge is 2.33. The van der Waals surface area contributed by atoms with Crippen LogP contribution in [0.4, 0.5) is 0 Å². The van der Waals surface area contributed by atoms with Crippen LogP contribution in [0, 0.1) is 0 Å². The van der Waals surface area contributed by atoms with E-state index in [-0.39, 0.29) is 5.54 Å². The van der Waals surface area contributed by atoms with E-state index < -0.39 is 0 Å². The van der Waals surface area contributed by atoms with E-state index in [2.05, 4.69) is 49.9 Å². The summed E-state index contributed by atoms with van der Waals surface area (Å²) in [4.78, 5) is 14.2. The standard InChI is InChI=1S/C16H23NO/c1-16(2,3)17-10-9-15(18)12-14(17)11-13-7-5-4-6-8-13/h4-8,14H,9-12H2,1-3H3. The number of Topliss-reactive ketones (excluding diaryl/α,β-unsaturated/α-hetero) is 1. The van der Waals surface area contributed by atoms with Crippen LogP contribution in [0.25, 0.3) is 0 Å². The van der Waals surface area contributed by atoms with Crippen molar-refractivity contribution >= 4 is 5.78 Å². The molecule has 1 atom stereocenters. The molecular formula is C16H23NO. The molecule has 1 aromatic carbocycles. The van der Waals surface area contributed by atoms with Gasteiger partial charge in [-0.3, -0.25) is 9.69 Å². The molecule has 2 rings (SSSR count). The van der Waals surface area contributed by atoms with Gasteiger partial charge in [-0.1, -0.05) is 30.3 Å². The Labute approximate surface area is 110 Å². The molecule has 0 aliphatic carbocycles. The van der Waals surface area contributed by atoms with E-state index in [9.17, 15) is 4.79 Å². The van der Waals surface area contributed by atoms with Crippen LogP contribution in [0.2, 0.25) is 0 Å². The molecule has 98 valence electrons. The number of likely N-dealkylation sites (tertiary alicyclic amines) is 1. The number of carbonyl (C=O) groups is 1. The Morgan fingerprint density at radius 2 is 1.89 bits per heavy atom. The number of piperidine rings is 1. The summed E-state index contributed by atoms with van der Waals surface area (Å²) in [6.07, 6.45) is 2.39. The fourth-order valence-electron chi connectivity index (χ4n) is 2.85. The van der Waals surface area contributed by atoms with Crippen molar-refractivity contribution < 1.29 is 4.79 Å². The highest BCUT2D eigenvalue weighted by atomic mass is 16.1. The summed E-state index contributed by atoms with van der Waals surface area (Å²) in [7, 11) is 0. The van der Waals surface area contributed by atoms with Crippen molar-refractivity contribution in [2.24, 2.45) is 0 Å². The highest BCUT2D eigenvalue weighted by Crippen LogP contribution is 2.26. The largest absolute Gasteiger partial charge is 0.300 e. The maximum absolute atomic E-state index is 11.7. The molecule has 2 nitrogen and oxygen atoms in total. The van der Waals surface area contributed by atoms with Crippen molar-refractivity contribution in [2.45, 2.75) is 51.6 Å². The first-order valence-corrected chi connectivity index (χ1v) is 6.79. The molecule has 0 bridgehead atoms. The van der Waals surface area contributed by atoms with E-state index in [1.54, 1.807) is 0 Å². The van der Waals surface area contributed by atoms with Gasteiger partial charge in [0.25, 0.3) is 0 Å². The summed E-state index contributed by atoms with van der Waals surface area (Å²) in [6.45, 7) is 7.61. The van der Waals surface area contributed by atoms with Crippen molar-refractivity contribution in [3.8, 4) is 0 Å². The monoisotopic (exact) mass is 245 g/mol. The first-order valence-electron chi connectivity index (χ1n) is 6.79. The number of ketones is 1. The first-order chi connectivity index (χ1) is 8.47. The van der Waals surface area contributed by atoms with E-state index in [1.165, 1.54) is 5.56 Å². The van der Waals surface area contributed by atoms with Crippen LogP contribution in [-0.4, -0.2) is 28.8 Å². The lowest BCUT2D eigenvalue weighted by molar-refractivity contribution is -0.124. The molecule has 0 N–H and O–H groups in total. The molecule has 0 amide bonds. The minimum Gasteiger partial charge on any atom is -0.300 e. The van der Waals surface area contributed by atoms with E-state index in [0.29, 0.717) is 24.7 Å². The van der Waals surface area contributed by atoms with Gasteiger partial charge in [-0.2, -0.15) is 0 Å². The van der Waals surface area contributed by atoms with Crippen molar-refractivity contribution in [1.29, 1.82) is 0 Å². The van der Waals surface area contributed by atoms with Crippen molar-refractivity contribution in [3.63, 3.8) is 0 Å². The Balaban J connectivity index is 2.13. The molecule has 0 saturated carbocycles. The van der Waals surface area contributed by atoms with Gasteiger partial charge in [0, 0.05) is 31.0 Å². The molecule has 1 aliphatic heterocycles. The third-order valence-corrected chi connectivity index (χ3v) is 3.71. The predicted molar refractivity (Wildman–Crippen MR) is 74.6 cm³/mol. The molecule has 1 saturated heterocycles. The topological polar surface area (TPSA) is 20.3 Å². The van der Waals surface area contributed by atoms with Gasteiger partial charge in [0.05, 0.1) is 0 Å². The van der Waals surface area contributed by atoms with Crippen molar-refractivity contribution in [3.05, 3.63) is 35.9 Å². The van der Waals surface area contributed by atoms with Gasteiger partial charge in [0.1, 0.15) is 5.78 Å². The molecule has 1 heterocycles. The third-order valence-electron chi connectivity index (χ3n) is 3.71. The number of hydrogen-bond donors (Lipinski definition) is 0. The highest BCUT2D eigenvalue weighted by molar-refractivity contribution is 5.80. The second kappa shape index (κ2) is 5.23. The Bertz CT molecular complexity index is 405. The third kappa shape index (κ3) is 3.20. The van der Waals surface area contributed by atoms with Crippen LogP contribution in [0.15, 0.2) is 30.3 Å². The summed E-state index contributed by atoms with van der Waals surface area (Å²) in [5.74, 6) is 0.413. The number of benzene rings is 1. The molecule has 18 heavy (non-hydrogen) atoms. The van der Waals surface area contributed by atoms with Crippen LogP contribution in [0.5, 0.6) is 0 Å². The van der Waals surface area contributed by atoms with Crippen LogP contribution in [0.3, 0.4) is 0 Å². The molecule has 1 fully saturated rings. The second-order valence-corrected chi connectivity index (χ2v) is 6.20. The number of hydrogen-bond acceptors (Lipinski definition) is 2. The zero-order valence-corrected chi connectivity index (χ0v) is 11.6. The summed E-state index contributed by atoms with van der Waals surface area (Å²) >= 11 is 0. The lowest BCUT2D eigenvalue weighted by Crippen LogP contribution is -2.53. The zero-order chi connectivity index (χ0) is 13.2. The van der Waals surface area contributed by atoms with Crippen molar-refractivity contribution in [2.75, 3.05) is 6.54 Å². The maximum Gasteiger partial charge on any atom is 0.135 e. The molecule has 1 aliphatic rings. The Morgan fingerprint density at radius 3 is 2.50 bits per heavy atom. The van der Waals surface area contributed by atoms with E-state index in [1.807, 2.05) is 6.07 Å². The summed E-state index contributed by atoms with van der Waals surface area (Å²) in [5.41, 5.74) is 1.46. The maximum atomic E-state index is 11.7. The number of nitrogens with zero attached hydrogens (tertiary/aromatic N) is 1. The molecule has 0 spiro atoms. The first kappa shape index (κ1) is 13.3. The van der Waals surface area contributed by atoms with E-state index >= 15 is 0 Å². The lowest BCUT2D eigenvalue weighted by atomic mass is 9.90. The number of rotatable bonds is 2. The SMILES string of the molecule is CC(C)(C)N1CCC(=O)CC1Cc1ccccc1. The minimum absolute atomic E-state index is 0.139. The molecule has 0 radical (unpaired) electrons. The predicted octanol–water partition coefficient (Wildman–Crippen LogP) is 3.06. The smallest absolute Gasteiger partial charge is 0.135 e. The molecule has 2 heteroatoms. The normalized spacial score (nSPS) is 22.2. The van der Waals surface area contributed by atoms with Crippen molar-refractivity contribution in [1.82, 2.24) is 4.90 Å². The van der Waals surface area contributed by atoms with Gasteiger partial charge < -0.3 is 0 Å². The molecular weight excluding hydrogens is 222 g/mol. The molecule has 0 aromatic heterocycles. The number of carbonyl (C=O) groups excluding carboxylic acids is 1. The van der Waals surface area contributed by atoms with Gasteiger partial charge in [-0.25, -0.2) is 0 Å².